The van der Waals surface area contributed by atoms with Gasteiger partial charge in [-0.25, -0.2) is 0 Å². The SMILES string of the molecule is CC(CSCc1cccc(-c2ccc(-c3cccc4c3oc3ccccc34)c(C(C)(C)C)c2)c1)C(=O)O. The summed E-state index contributed by atoms with van der Waals surface area (Å²) < 4.78 is 6.37. The van der Waals surface area contributed by atoms with Crippen LogP contribution in [0.4, 0.5) is 0 Å². The minimum absolute atomic E-state index is 0.0695. The normalized spacial score (nSPS) is 12.8. The zero-order valence-corrected chi connectivity index (χ0v) is 22.6. The van der Waals surface area contributed by atoms with Gasteiger partial charge in [0.15, 0.2) is 0 Å². The topological polar surface area (TPSA) is 50.4 Å². The molecule has 1 atom stereocenters. The molecular formula is C33H32O3S. The standard InChI is InChI=1S/C33H32O3S/c1-21(32(34)35)19-37-20-22-9-7-10-23(17-22)24-15-16-25(29(18-24)33(2,3)4)27-12-8-13-28-26-11-5-6-14-30(26)36-31(27)28/h5-18,21H,19-20H2,1-4H3,(H,34,35). The van der Waals surface area contributed by atoms with Gasteiger partial charge in [-0.15, -0.1) is 0 Å². The maximum atomic E-state index is 11.1. The molecule has 5 aromatic rings. The van der Waals surface area contributed by atoms with Crippen LogP contribution in [0.5, 0.6) is 0 Å². The van der Waals surface area contributed by atoms with E-state index < -0.39 is 5.97 Å². The number of thioether (sulfide) groups is 1. The quantitative estimate of drug-likeness (QED) is 0.238. The Morgan fingerprint density at radius 1 is 0.865 bits per heavy atom. The molecule has 1 unspecified atom stereocenters. The zero-order valence-electron chi connectivity index (χ0n) is 21.7. The molecule has 1 aromatic heterocycles. The van der Waals surface area contributed by atoms with E-state index in [9.17, 15) is 4.79 Å². The van der Waals surface area contributed by atoms with Gasteiger partial charge in [-0.1, -0.05) is 107 Å². The molecule has 188 valence electrons. The van der Waals surface area contributed by atoms with Crippen LogP contribution in [0.15, 0.2) is 89.3 Å². The van der Waals surface area contributed by atoms with Crippen LogP contribution in [-0.4, -0.2) is 16.8 Å². The van der Waals surface area contributed by atoms with Crippen molar-refractivity contribution in [3.8, 4) is 22.3 Å². The third kappa shape index (κ3) is 5.17. The number of benzene rings is 4. The lowest BCUT2D eigenvalue weighted by Crippen LogP contribution is -2.13. The van der Waals surface area contributed by atoms with E-state index in [0.29, 0.717) is 5.75 Å². The maximum absolute atomic E-state index is 11.1. The second kappa shape index (κ2) is 10.1. The summed E-state index contributed by atoms with van der Waals surface area (Å²) in [5.41, 5.74) is 8.89. The summed E-state index contributed by atoms with van der Waals surface area (Å²) in [6.07, 6.45) is 0. The Kier molecular flexibility index (Phi) is 6.87. The van der Waals surface area contributed by atoms with Crippen LogP contribution in [-0.2, 0) is 16.0 Å². The van der Waals surface area contributed by atoms with Gasteiger partial charge in [0.2, 0.25) is 0 Å². The van der Waals surface area contributed by atoms with Gasteiger partial charge >= 0.3 is 5.97 Å². The molecule has 0 aliphatic rings. The van der Waals surface area contributed by atoms with Gasteiger partial charge in [0.05, 0.1) is 5.92 Å². The fourth-order valence-corrected chi connectivity index (χ4v) is 5.83. The van der Waals surface area contributed by atoms with Crippen molar-refractivity contribution in [3.05, 3.63) is 96.1 Å². The molecule has 3 nitrogen and oxygen atoms in total. The number of carboxylic acids is 1. The summed E-state index contributed by atoms with van der Waals surface area (Å²) in [6, 6.07) is 29.9. The van der Waals surface area contributed by atoms with Gasteiger partial charge in [0.1, 0.15) is 11.2 Å². The van der Waals surface area contributed by atoms with E-state index in [1.165, 1.54) is 27.8 Å². The predicted molar refractivity (Wildman–Crippen MR) is 156 cm³/mol. The molecule has 37 heavy (non-hydrogen) atoms. The van der Waals surface area contributed by atoms with E-state index >= 15 is 0 Å². The second-order valence-corrected chi connectivity index (χ2v) is 11.8. The highest BCUT2D eigenvalue weighted by Crippen LogP contribution is 2.41. The number of hydrogen-bond acceptors (Lipinski definition) is 3. The second-order valence-electron chi connectivity index (χ2n) is 10.7. The Hall–Kier alpha value is -3.50. The number of fused-ring (bicyclic) bond motifs is 3. The molecule has 0 amide bonds. The molecule has 5 rings (SSSR count). The monoisotopic (exact) mass is 508 g/mol. The lowest BCUT2D eigenvalue weighted by atomic mass is 9.80. The summed E-state index contributed by atoms with van der Waals surface area (Å²) in [5.74, 6) is 0.320. The average molecular weight is 509 g/mol. The Balaban J connectivity index is 1.53. The molecule has 4 heteroatoms. The van der Waals surface area contributed by atoms with Crippen molar-refractivity contribution < 1.29 is 14.3 Å². The van der Waals surface area contributed by atoms with Crippen molar-refractivity contribution in [2.24, 2.45) is 5.92 Å². The van der Waals surface area contributed by atoms with Crippen LogP contribution in [0.2, 0.25) is 0 Å². The summed E-state index contributed by atoms with van der Waals surface area (Å²) in [4.78, 5) is 11.1. The number of para-hydroxylation sites is 2. The van der Waals surface area contributed by atoms with Gasteiger partial charge in [-0.3, -0.25) is 4.79 Å². The number of carbonyl (C=O) groups is 1. The Morgan fingerprint density at radius 2 is 1.59 bits per heavy atom. The molecule has 1 N–H and O–H groups in total. The van der Waals surface area contributed by atoms with Gasteiger partial charge in [-0.05, 0) is 39.3 Å². The molecule has 4 aromatic carbocycles. The van der Waals surface area contributed by atoms with Crippen LogP contribution in [0.25, 0.3) is 44.2 Å². The van der Waals surface area contributed by atoms with Crippen molar-refractivity contribution in [1.29, 1.82) is 0 Å². The highest BCUT2D eigenvalue weighted by molar-refractivity contribution is 7.98. The summed E-state index contributed by atoms with van der Waals surface area (Å²) in [7, 11) is 0. The summed E-state index contributed by atoms with van der Waals surface area (Å²) in [6.45, 7) is 8.52. The number of rotatable bonds is 7. The molecule has 0 aliphatic carbocycles. The third-order valence-corrected chi connectivity index (χ3v) is 8.11. The molecule has 0 spiro atoms. The first-order valence-electron chi connectivity index (χ1n) is 12.7. The zero-order chi connectivity index (χ0) is 26.2. The fraction of sp³-hybridized carbons (Fsp3) is 0.242. The Labute approximate surface area is 222 Å². The van der Waals surface area contributed by atoms with E-state index in [1.54, 1.807) is 18.7 Å². The molecule has 0 saturated carbocycles. The highest BCUT2D eigenvalue weighted by Gasteiger charge is 2.22. The molecule has 0 bridgehead atoms. The average Bonchev–Trinajstić information content (AvgIpc) is 3.27. The van der Waals surface area contributed by atoms with Crippen molar-refractivity contribution in [1.82, 2.24) is 0 Å². The minimum atomic E-state index is -0.741. The molecule has 0 fully saturated rings. The fourth-order valence-electron chi connectivity index (χ4n) is 4.80. The van der Waals surface area contributed by atoms with Crippen LogP contribution >= 0.6 is 11.8 Å². The molecule has 0 radical (unpaired) electrons. The number of carboxylic acid groups (broad SMARTS) is 1. The molecule has 0 saturated heterocycles. The molecule has 0 aliphatic heterocycles. The predicted octanol–water partition coefficient (Wildman–Crippen LogP) is 9.17. The minimum Gasteiger partial charge on any atom is -0.481 e. The number of aliphatic carboxylic acids is 1. The van der Waals surface area contributed by atoms with Crippen LogP contribution in [0.1, 0.15) is 38.8 Å². The van der Waals surface area contributed by atoms with E-state index in [0.717, 1.165) is 33.3 Å². The third-order valence-electron chi connectivity index (χ3n) is 6.84. The summed E-state index contributed by atoms with van der Waals surface area (Å²) >= 11 is 1.67. The van der Waals surface area contributed by atoms with Crippen molar-refractivity contribution in [3.63, 3.8) is 0 Å². The Morgan fingerprint density at radius 3 is 2.38 bits per heavy atom. The number of hydrogen-bond donors (Lipinski definition) is 1. The molecule has 1 heterocycles. The lowest BCUT2D eigenvalue weighted by molar-refractivity contribution is -0.140. The Bertz CT molecular complexity index is 1590. The van der Waals surface area contributed by atoms with E-state index in [1.807, 2.05) is 12.1 Å². The van der Waals surface area contributed by atoms with Crippen LogP contribution in [0, 0.1) is 5.92 Å². The number of furan rings is 1. The molecular weight excluding hydrogens is 476 g/mol. The van der Waals surface area contributed by atoms with E-state index in [4.69, 9.17) is 9.52 Å². The van der Waals surface area contributed by atoms with E-state index in [2.05, 4.69) is 93.6 Å². The van der Waals surface area contributed by atoms with Gasteiger partial charge in [0, 0.05) is 27.8 Å². The first kappa shape index (κ1) is 25.2. The first-order chi connectivity index (χ1) is 17.7. The highest BCUT2D eigenvalue weighted by atomic mass is 32.2. The van der Waals surface area contributed by atoms with Gasteiger partial charge in [0.25, 0.3) is 0 Å². The van der Waals surface area contributed by atoms with Gasteiger partial charge < -0.3 is 9.52 Å². The largest absolute Gasteiger partial charge is 0.481 e. The van der Waals surface area contributed by atoms with Gasteiger partial charge in [-0.2, -0.15) is 11.8 Å². The first-order valence-corrected chi connectivity index (χ1v) is 13.8. The maximum Gasteiger partial charge on any atom is 0.307 e. The van der Waals surface area contributed by atoms with E-state index in [-0.39, 0.29) is 11.3 Å². The lowest BCUT2D eigenvalue weighted by Gasteiger charge is -2.24. The van der Waals surface area contributed by atoms with Crippen molar-refractivity contribution in [2.75, 3.05) is 5.75 Å². The smallest absolute Gasteiger partial charge is 0.307 e. The van der Waals surface area contributed by atoms with Crippen molar-refractivity contribution >= 4 is 39.7 Å². The van der Waals surface area contributed by atoms with Crippen LogP contribution < -0.4 is 0 Å². The van der Waals surface area contributed by atoms with Crippen molar-refractivity contribution in [2.45, 2.75) is 38.9 Å². The van der Waals surface area contributed by atoms with Crippen LogP contribution in [0.3, 0.4) is 0 Å². The summed E-state index contributed by atoms with van der Waals surface area (Å²) in [5, 5.41) is 11.4.